The summed E-state index contributed by atoms with van der Waals surface area (Å²) in [6.45, 7) is 4.60. The average Bonchev–Trinajstić information content (AvgIpc) is 3.53. The average molecular weight is 621 g/mol. The van der Waals surface area contributed by atoms with Crippen LogP contribution >= 0.6 is 0 Å². The summed E-state index contributed by atoms with van der Waals surface area (Å²) in [5.41, 5.74) is 10.8. The first kappa shape index (κ1) is 29.3. The molecule has 0 unspecified atom stereocenters. The van der Waals surface area contributed by atoms with Crippen molar-refractivity contribution < 1.29 is 4.42 Å². The van der Waals surface area contributed by atoms with Crippen LogP contribution in [0.15, 0.2) is 186 Å². The van der Waals surface area contributed by atoms with Crippen LogP contribution in [0.25, 0.3) is 21.9 Å². The van der Waals surface area contributed by atoms with Crippen LogP contribution in [0.4, 0.5) is 34.1 Å². The Balaban J connectivity index is 1.15. The van der Waals surface area contributed by atoms with E-state index in [1.165, 1.54) is 11.1 Å². The van der Waals surface area contributed by atoms with E-state index < -0.39 is 0 Å². The molecule has 0 amide bonds. The number of anilines is 6. The van der Waals surface area contributed by atoms with Crippen LogP contribution in [-0.2, 0) is 5.41 Å². The maximum atomic E-state index is 6.27. The smallest absolute Gasteiger partial charge is 0.137 e. The molecular weight excluding hydrogens is 585 g/mol. The summed E-state index contributed by atoms with van der Waals surface area (Å²) in [6.07, 6.45) is 0. The van der Waals surface area contributed by atoms with Crippen molar-refractivity contribution in [2.45, 2.75) is 19.3 Å². The SMILES string of the molecule is CC(C)(c1ccc(N(c2ccccc2)c2ccccc2)cc1)c1ccc(N(c2ccccc2)c2cccc3oc4ccccc4c23)cc1. The van der Waals surface area contributed by atoms with E-state index >= 15 is 0 Å². The summed E-state index contributed by atoms with van der Waals surface area (Å²) in [6, 6.07) is 64.3. The second-order valence-corrected chi connectivity index (χ2v) is 12.6. The van der Waals surface area contributed by atoms with Gasteiger partial charge < -0.3 is 14.2 Å². The van der Waals surface area contributed by atoms with Gasteiger partial charge in [0.2, 0.25) is 0 Å². The van der Waals surface area contributed by atoms with Gasteiger partial charge in [0.05, 0.1) is 11.1 Å². The lowest BCUT2D eigenvalue weighted by Gasteiger charge is -2.30. The molecule has 0 aliphatic heterocycles. The van der Waals surface area contributed by atoms with E-state index in [0.717, 1.165) is 56.1 Å². The Bertz CT molecular complexity index is 2250. The monoisotopic (exact) mass is 620 g/mol. The largest absolute Gasteiger partial charge is 0.456 e. The van der Waals surface area contributed by atoms with Crippen molar-refractivity contribution in [3.8, 4) is 0 Å². The number of benzene rings is 7. The molecule has 0 aliphatic carbocycles. The van der Waals surface area contributed by atoms with Crippen molar-refractivity contribution >= 4 is 56.1 Å². The first-order chi connectivity index (χ1) is 23.6. The molecule has 0 N–H and O–H groups in total. The van der Waals surface area contributed by atoms with Crippen LogP contribution < -0.4 is 9.80 Å². The van der Waals surface area contributed by atoms with Crippen LogP contribution in [0, 0.1) is 0 Å². The maximum Gasteiger partial charge on any atom is 0.137 e. The van der Waals surface area contributed by atoms with E-state index in [1.807, 2.05) is 12.1 Å². The highest BCUT2D eigenvalue weighted by atomic mass is 16.3. The van der Waals surface area contributed by atoms with Crippen molar-refractivity contribution in [1.82, 2.24) is 0 Å². The zero-order chi connectivity index (χ0) is 32.5. The second kappa shape index (κ2) is 12.3. The molecule has 7 aromatic carbocycles. The lowest BCUT2D eigenvalue weighted by Crippen LogP contribution is -2.19. The molecule has 3 nitrogen and oxygen atoms in total. The topological polar surface area (TPSA) is 19.6 Å². The molecule has 8 aromatic rings. The molecule has 0 spiro atoms. The number of nitrogens with zero attached hydrogens (tertiary/aromatic N) is 2. The number of furan rings is 1. The molecule has 0 bridgehead atoms. The van der Waals surface area contributed by atoms with E-state index in [1.54, 1.807) is 0 Å². The lowest BCUT2D eigenvalue weighted by molar-refractivity contribution is 0.641. The summed E-state index contributed by atoms with van der Waals surface area (Å²) in [7, 11) is 0. The minimum atomic E-state index is -0.209. The van der Waals surface area contributed by atoms with Crippen LogP contribution in [0.3, 0.4) is 0 Å². The molecule has 1 aromatic heterocycles. The Morgan fingerprint density at radius 1 is 0.375 bits per heavy atom. The van der Waals surface area contributed by atoms with Crippen molar-refractivity contribution in [2.24, 2.45) is 0 Å². The fourth-order valence-electron chi connectivity index (χ4n) is 6.77. The van der Waals surface area contributed by atoms with E-state index in [2.05, 4.69) is 194 Å². The van der Waals surface area contributed by atoms with Crippen molar-refractivity contribution in [3.63, 3.8) is 0 Å². The Morgan fingerprint density at radius 3 is 1.33 bits per heavy atom. The molecule has 3 heteroatoms. The molecular formula is C45H36N2O. The van der Waals surface area contributed by atoms with E-state index in [-0.39, 0.29) is 5.41 Å². The molecule has 0 saturated carbocycles. The normalized spacial score (nSPS) is 11.5. The highest BCUT2D eigenvalue weighted by molar-refractivity contribution is 6.13. The number of fused-ring (bicyclic) bond motifs is 3. The molecule has 0 fully saturated rings. The molecule has 8 rings (SSSR count). The molecule has 0 radical (unpaired) electrons. The Kier molecular flexibility index (Phi) is 7.51. The van der Waals surface area contributed by atoms with Crippen LogP contribution in [0.2, 0.25) is 0 Å². The molecule has 0 saturated heterocycles. The van der Waals surface area contributed by atoms with Gasteiger partial charge in [-0.25, -0.2) is 0 Å². The first-order valence-electron chi connectivity index (χ1n) is 16.4. The fraction of sp³-hybridized carbons (Fsp3) is 0.0667. The van der Waals surface area contributed by atoms with Crippen molar-refractivity contribution in [1.29, 1.82) is 0 Å². The molecule has 232 valence electrons. The third-order valence-corrected chi connectivity index (χ3v) is 9.36. The quantitative estimate of drug-likeness (QED) is 0.168. The number of para-hydroxylation sites is 4. The Labute approximate surface area is 281 Å². The van der Waals surface area contributed by atoms with Crippen LogP contribution in [0.1, 0.15) is 25.0 Å². The van der Waals surface area contributed by atoms with E-state index in [0.29, 0.717) is 0 Å². The summed E-state index contributed by atoms with van der Waals surface area (Å²) < 4.78 is 6.27. The predicted octanol–water partition coefficient (Wildman–Crippen LogP) is 12.9. The standard InChI is InChI=1S/C45H36N2O/c1-45(2,33-25-29-38(30-26-33)46(35-15-6-3-7-16-35)36-17-8-4-9-18-36)34-27-31-39(32-28-34)47(37-19-10-5-11-20-37)41-22-14-24-43-44(41)40-21-12-13-23-42(40)48-43/h3-32H,1-2H3. The summed E-state index contributed by atoms with van der Waals surface area (Å²) >= 11 is 0. The van der Waals surface area contributed by atoms with Gasteiger partial charge in [0.1, 0.15) is 11.2 Å². The van der Waals surface area contributed by atoms with Gasteiger partial charge in [0.25, 0.3) is 0 Å². The zero-order valence-electron chi connectivity index (χ0n) is 27.1. The molecule has 1 heterocycles. The first-order valence-corrected chi connectivity index (χ1v) is 16.4. The lowest BCUT2D eigenvalue weighted by atomic mass is 9.78. The zero-order valence-corrected chi connectivity index (χ0v) is 27.1. The predicted molar refractivity (Wildman–Crippen MR) is 202 cm³/mol. The summed E-state index contributed by atoms with van der Waals surface area (Å²) in [5.74, 6) is 0. The number of hydrogen-bond acceptors (Lipinski definition) is 3. The van der Waals surface area contributed by atoms with Crippen LogP contribution in [-0.4, -0.2) is 0 Å². The molecule has 0 aliphatic rings. The minimum absolute atomic E-state index is 0.209. The summed E-state index contributed by atoms with van der Waals surface area (Å²) in [5, 5.41) is 2.23. The highest BCUT2D eigenvalue weighted by Crippen LogP contribution is 2.44. The van der Waals surface area contributed by atoms with Gasteiger partial charge in [0, 0.05) is 39.2 Å². The number of rotatable bonds is 8. The Hall–Kier alpha value is -6.06. The third-order valence-electron chi connectivity index (χ3n) is 9.36. The van der Waals surface area contributed by atoms with Gasteiger partial charge in [-0.05, 0) is 90.0 Å². The maximum absolute atomic E-state index is 6.27. The number of hydrogen-bond donors (Lipinski definition) is 0. The second-order valence-electron chi connectivity index (χ2n) is 12.6. The van der Waals surface area contributed by atoms with E-state index in [9.17, 15) is 0 Å². The van der Waals surface area contributed by atoms with Crippen molar-refractivity contribution in [2.75, 3.05) is 9.80 Å². The van der Waals surface area contributed by atoms with E-state index in [4.69, 9.17) is 4.42 Å². The van der Waals surface area contributed by atoms with Gasteiger partial charge in [-0.15, -0.1) is 0 Å². The molecule has 0 atom stereocenters. The van der Waals surface area contributed by atoms with Gasteiger partial charge in [-0.1, -0.05) is 117 Å². The Morgan fingerprint density at radius 2 is 0.792 bits per heavy atom. The van der Waals surface area contributed by atoms with Gasteiger partial charge in [-0.3, -0.25) is 0 Å². The minimum Gasteiger partial charge on any atom is -0.456 e. The van der Waals surface area contributed by atoms with Gasteiger partial charge in [0.15, 0.2) is 0 Å². The van der Waals surface area contributed by atoms with Crippen molar-refractivity contribution in [3.05, 3.63) is 193 Å². The van der Waals surface area contributed by atoms with Gasteiger partial charge in [-0.2, -0.15) is 0 Å². The fourth-order valence-corrected chi connectivity index (χ4v) is 6.77. The highest BCUT2D eigenvalue weighted by Gasteiger charge is 2.25. The van der Waals surface area contributed by atoms with Crippen LogP contribution in [0.5, 0.6) is 0 Å². The van der Waals surface area contributed by atoms with Gasteiger partial charge >= 0.3 is 0 Å². The summed E-state index contributed by atoms with van der Waals surface area (Å²) in [4.78, 5) is 4.63. The third kappa shape index (κ3) is 5.30. The molecule has 48 heavy (non-hydrogen) atoms.